The molecule has 0 bridgehead atoms. The van der Waals surface area contributed by atoms with E-state index in [0.29, 0.717) is 6.61 Å². The Morgan fingerprint density at radius 1 is 0.944 bits per heavy atom. The van der Waals surface area contributed by atoms with Crippen molar-refractivity contribution in [3.8, 4) is 5.75 Å². The van der Waals surface area contributed by atoms with Crippen molar-refractivity contribution >= 4 is 11.6 Å². The van der Waals surface area contributed by atoms with Crippen LogP contribution in [0.3, 0.4) is 0 Å². The first-order valence-electron chi connectivity index (χ1n) is 6.14. The van der Waals surface area contributed by atoms with Crippen molar-refractivity contribution in [1.29, 1.82) is 0 Å². The van der Waals surface area contributed by atoms with Gasteiger partial charge in [-0.3, -0.25) is 0 Å². The summed E-state index contributed by atoms with van der Waals surface area (Å²) >= 11 is 5.84. The van der Waals surface area contributed by atoms with E-state index in [9.17, 15) is 0 Å². The van der Waals surface area contributed by atoms with Crippen molar-refractivity contribution in [2.75, 3.05) is 6.61 Å². The van der Waals surface area contributed by atoms with Crippen LogP contribution in [0, 0.1) is 0 Å². The molecule has 0 saturated heterocycles. The zero-order valence-electron chi connectivity index (χ0n) is 10.5. The summed E-state index contributed by atoms with van der Waals surface area (Å²) in [6, 6.07) is 18.6. The van der Waals surface area contributed by atoms with Gasteiger partial charge >= 0.3 is 0 Å². The molecule has 0 heterocycles. The molecule has 2 rings (SSSR count). The molecule has 2 heteroatoms. The molecule has 0 spiro atoms. The van der Waals surface area contributed by atoms with Crippen LogP contribution in [0.25, 0.3) is 0 Å². The summed E-state index contributed by atoms with van der Waals surface area (Å²) in [5.74, 6) is 0.874. The molecule has 0 fully saturated rings. The van der Waals surface area contributed by atoms with Crippen LogP contribution in [-0.2, 0) is 6.42 Å². The molecule has 0 aliphatic rings. The van der Waals surface area contributed by atoms with Crippen LogP contribution >= 0.6 is 11.6 Å². The van der Waals surface area contributed by atoms with Crippen LogP contribution in [-0.4, -0.2) is 12.0 Å². The van der Waals surface area contributed by atoms with E-state index in [2.05, 4.69) is 36.4 Å². The van der Waals surface area contributed by atoms with Crippen LogP contribution in [0.4, 0.5) is 0 Å². The van der Waals surface area contributed by atoms with Crippen LogP contribution in [0.2, 0.25) is 0 Å². The lowest BCUT2D eigenvalue weighted by atomic mass is 10.1. The van der Waals surface area contributed by atoms with E-state index in [4.69, 9.17) is 16.3 Å². The molecule has 0 amide bonds. The molecular formula is C16H17ClO. The molecular weight excluding hydrogens is 244 g/mol. The summed E-state index contributed by atoms with van der Waals surface area (Å²) in [6.07, 6.45) is 0.951. The lowest BCUT2D eigenvalue weighted by molar-refractivity contribution is 0.320. The Labute approximate surface area is 113 Å². The van der Waals surface area contributed by atoms with Crippen LogP contribution in [0.5, 0.6) is 5.75 Å². The van der Waals surface area contributed by atoms with Crippen LogP contribution in [0.15, 0.2) is 54.6 Å². The van der Waals surface area contributed by atoms with Crippen molar-refractivity contribution in [1.82, 2.24) is 0 Å². The van der Waals surface area contributed by atoms with Gasteiger partial charge in [0.1, 0.15) is 12.4 Å². The van der Waals surface area contributed by atoms with Gasteiger partial charge < -0.3 is 4.74 Å². The third kappa shape index (κ3) is 4.08. The van der Waals surface area contributed by atoms with Gasteiger partial charge in [-0.1, -0.05) is 42.5 Å². The molecule has 0 aromatic heterocycles. The van der Waals surface area contributed by atoms with E-state index in [1.165, 1.54) is 11.1 Å². The topological polar surface area (TPSA) is 9.23 Å². The molecule has 1 nitrogen and oxygen atoms in total. The maximum Gasteiger partial charge on any atom is 0.119 e. The third-order valence-corrected chi connectivity index (χ3v) is 2.78. The fourth-order valence-electron chi connectivity index (χ4n) is 1.75. The minimum absolute atomic E-state index is 0.0361. The fraction of sp³-hybridized carbons (Fsp3) is 0.250. The summed E-state index contributed by atoms with van der Waals surface area (Å²) in [4.78, 5) is 0. The maximum atomic E-state index is 5.84. The first-order chi connectivity index (χ1) is 8.74. The molecule has 94 valence electrons. The Bertz CT molecular complexity index is 462. The molecule has 1 atom stereocenters. The van der Waals surface area contributed by atoms with Crippen molar-refractivity contribution in [2.45, 2.75) is 18.7 Å². The van der Waals surface area contributed by atoms with E-state index < -0.39 is 0 Å². The lowest BCUT2D eigenvalue weighted by Crippen LogP contribution is -2.07. The SMILES string of the molecule is CC(Cl)COc1ccc(Cc2ccccc2)cc1. The van der Waals surface area contributed by atoms with Gasteiger partial charge in [0.05, 0.1) is 5.38 Å². The zero-order valence-corrected chi connectivity index (χ0v) is 11.2. The molecule has 18 heavy (non-hydrogen) atoms. The van der Waals surface area contributed by atoms with Crippen molar-refractivity contribution in [3.05, 3.63) is 65.7 Å². The van der Waals surface area contributed by atoms with Gasteiger partial charge in [-0.25, -0.2) is 0 Å². The lowest BCUT2D eigenvalue weighted by Gasteiger charge is -2.08. The average molecular weight is 261 g/mol. The number of benzene rings is 2. The number of ether oxygens (including phenoxy) is 1. The van der Waals surface area contributed by atoms with E-state index in [0.717, 1.165) is 12.2 Å². The zero-order chi connectivity index (χ0) is 12.8. The largest absolute Gasteiger partial charge is 0.492 e. The Morgan fingerprint density at radius 3 is 2.17 bits per heavy atom. The second-order valence-electron chi connectivity index (χ2n) is 4.40. The number of hydrogen-bond acceptors (Lipinski definition) is 1. The summed E-state index contributed by atoms with van der Waals surface area (Å²) in [5, 5.41) is 0.0361. The van der Waals surface area contributed by atoms with Gasteiger partial charge in [-0.15, -0.1) is 11.6 Å². The summed E-state index contributed by atoms with van der Waals surface area (Å²) in [6.45, 7) is 2.46. The second kappa shape index (κ2) is 6.46. The van der Waals surface area contributed by atoms with Gasteiger partial charge in [0.2, 0.25) is 0 Å². The maximum absolute atomic E-state index is 5.84. The molecule has 0 radical (unpaired) electrons. The van der Waals surface area contributed by atoms with Gasteiger partial charge in [0.15, 0.2) is 0 Å². The van der Waals surface area contributed by atoms with Gasteiger partial charge in [-0.2, -0.15) is 0 Å². The van der Waals surface area contributed by atoms with E-state index in [1.54, 1.807) is 0 Å². The highest BCUT2D eigenvalue weighted by Crippen LogP contribution is 2.15. The predicted molar refractivity (Wildman–Crippen MR) is 76.5 cm³/mol. The molecule has 0 saturated carbocycles. The molecule has 0 aliphatic heterocycles. The predicted octanol–water partition coefficient (Wildman–Crippen LogP) is 4.28. The molecule has 0 N–H and O–H groups in total. The minimum atomic E-state index is 0.0361. The first kappa shape index (κ1) is 13.0. The number of halogens is 1. The average Bonchev–Trinajstić information content (AvgIpc) is 2.39. The number of alkyl halides is 1. The standard InChI is InChI=1S/C16H17ClO/c1-13(17)12-18-16-9-7-15(8-10-16)11-14-5-3-2-4-6-14/h2-10,13H,11-12H2,1H3. The Balaban J connectivity index is 1.95. The third-order valence-electron chi connectivity index (χ3n) is 2.65. The van der Waals surface area contributed by atoms with Gasteiger partial charge in [-0.05, 0) is 36.6 Å². The fourth-order valence-corrected chi connectivity index (χ4v) is 1.81. The highest BCUT2D eigenvalue weighted by atomic mass is 35.5. The molecule has 2 aromatic rings. The first-order valence-corrected chi connectivity index (χ1v) is 6.57. The summed E-state index contributed by atoms with van der Waals surface area (Å²) < 4.78 is 5.54. The van der Waals surface area contributed by atoms with Crippen LogP contribution < -0.4 is 4.74 Å². The van der Waals surface area contributed by atoms with E-state index in [-0.39, 0.29) is 5.38 Å². The van der Waals surface area contributed by atoms with E-state index in [1.807, 2.05) is 25.1 Å². The summed E-state index contributed by atoms with van der Waals surface area (Å²) in [5.41, 5.74) is 2.60. The molecule has 1 unspecified atom stereocenters. The Hall–Kier alpha value is -1.47. The normalized spacial score (nSPS) is 12.1. The Morgan fingerprint density at radius 2 is 1.56 bits per heavy atom. The smallest absolute Gasteiger partial charge is 0.119 e. The quantitative estimate of drug-likeness (QED) is 0.729. The highest BCUT2D eigenvalue weighted by molar-refractivity contribution is 6.20. The molecule has 0 aliphatic carbocycles. The van der Waals surface area contributed by atoms with Gasteiger partial charge in [0, 0.05) is 0 Å². The highest BCUT2D eigenvalue weighted by Gasteiger charge is 2.00. The van der Waals surface area contributed by atoms with E-state index >= 15 is 0 Å². The monoisotopic (exact) mass is 260 g/mol. The van der Waals surface area contributed by atoms with Crippen molar-refractivity contribution in [3.63, 3.8) is 0 Å². The summed E-state index contributed by atoms with van der Waals surface area (Å²) in [7, 11) is 0. The second-order valence-corrected chi connectivity index (χ2v) is 5.14. The molecule has 2 aromatic carbocycles. The minimum Gasteiger partial charge on any atom is -0.492 e. The van der Waals surface area contributed by atoms with Crippen molar-refractivity contribution in [2.24, 2.45) is 0 Å². The van der Waals surface area contributed by atoms with Gasteiger partial charge in [0.25, 0.3) is 0 Å². The number of rotatable bonds is 5. The van der Waals surface area contributed by atoms with Crippen molar-refractivity contribution < 1.29 is 4.74 Å². The Kier molecular flexibility index (Phi) is 4.66. The van der Waals surface area contributed by atoms with Crippen LogP contribution in [0.1, 0.15) is 18.1 Å². The number of hydrogen-bond donors (Lipinski definition) is 0.